The Morgan fingerprint density at radius 3 is 2.95 bits per heavy atom. The second-order valence-corrected chi connectivity index (χ2v) is 5.11. The molecule has 1 aromatic rings. The van der Waals surface area contributed by atoms with Crippen molar-refractivity contribution in [2.45, 2.75) is 37.9 Å². The molecule has 1 aromatic heterocycles. The lowest BCUT2D eigenvalue weighted by atomic mass is 9.95. The van der Waals surface area contributed by atoms with Crippen LogP contribution in [0.25, 0.3) is 0 Å². The predicted octanol–water partition coefficient (Wildman–Crippen LogP) is 2.17. The number of hydrogen-bond acceptors (Lipinski definition) is 5. The average Bonchev–Trinajstić information content (AvgIpc) is 2.49. The molecule has 6 nitrogen and oxygen atoms in total. The van der Waals surface area contributed by atoms with Gasteiger partial charge in [-0.2, -0.15) is 0 Å². The number of nitrogens with zero attached hydrogens (tertiary/aromatic N) is 2. The first-order valence-corrected chi connectivity index (χ1v) is 6.85. The molecule has 1 aliphatic rings. The van der Waals surface area contributed by atoms with E-state index in [4.69, 9.17) is 32.0 Å². The Morgan fingerprint density at radius 2 is 2.25 bits per heavy atom. The lowest BCUT2D eigenvalue weighted by Gasteiger charge is -2.28. The molecule has 0 spiro atoms. The van der Waals surface area contributed by atoms with Crippen molar-refractivity contribution in [2.24, 2.45) is 10.9 Å². The number of pyridine rings is 1. The van der Waals surface area contributed by atoms with Crippen molar-refractivity contribution < 1.29 is 14.7 Å². The molecule has 2 rings (SSSR count). The zero-order valence-electron chi connectivity index (χ0n) is 11.3. The minimum atomic E-state index is -0.0688. The van der Waals surface area contributed by atoms with E-state index in [-0.39, 0.29) is 23.1 Å². The summed E-state index contributed by atoms with van der Waals surface area (Å²) in [6, 6.07) is 1.57. The van der Waals surface area contributed by atoms with Crippen molar-refractivity contribution >= 4 is 17.4 Å². The van der Waals surface area contributed by atoms with Gasteiger partial charge in [-0.25, -0.2) is 4.98 Å². The summed E-state index contributed by atoms with van der Waals surface area (Å²) in [5.41, 5.74) is 5.95. The van der Waals surface area contributed by atoms with Crippen molar-refractivity contribution in [3.8, 4) is 5.88 Å². The van der Waals surface area contributed by atoms with E-state index < -0.39 is 0 Å². The highest BCUT2D eigenvalue weighted by Gasteiger charge is 2.24. The molecular formula is C13H18ClN3O3. The fourth-order valence-electron chi connectivity index (χ4n) is 2.34. The first-order valence-electron chi connectivity index (χ1n) is 6.47. The van der Waals surface area contributed by atoms with Gasteiger partial charge in [0, 0.05) is 25.3 Å². The monoisotopic (exact) mass is 299 g/mol. The fourth-order valence-corrected chi connectivity index (χ4v) is 2.59. The molecule has 0 amide bonds. The minimum absolute atomic E-state index is 0.0150. The number of ether oxygens (including phenoxy) is 2. The van der Waals surface area contributed by atoms with E-state index in [1.54, 1.807) is 13.2 Å². The topological polar surface area (TPSA) is 90.0 Å². The molecule has 0 radical (unpaired) electrons. The quantitative estimate of drug-likeness (QED) is 0.385. The average molecular weight is 300 g/mol. The molecule has 0 aromatic carbocycles. The maximum atomic E-state index is 8.72. The summed E-state index contributed by atoms with van der Waals surface area (Å²) in [5, 5.41) is 11.9. The number of amidine groups is 1. The summed E-state index contributed by atoms with van der Waals surface area (Å²) in [5.74, 6) is 0.234. The Bertz CT molecular complexity index is 496. The summed E-state index contributed by atoms with van der Waals surface area (Å²) in [6.07, 6.45) is 5.57. The summed E-state index contributed by atoms with van der Waals surface area (Å²) >= 11 is 6.18. The van der Waals surface area contributed by atoms with Gasteiger partial charge >= 0.3 is 0 Å². The van der Waals surface area contributed by atoms with E-state index in [1.165, 1.54) is 6.20 Å². The highest BCUT2D eigenvalue weighted by molar-refractivity contribution is 6.35. The lowest BCUT2D eigenvalue weighted by Crippen LogP contribution is -2.30. The van der Waals surface area contributed by atoms with Crippen molar-refractivity contribution in [3.63, 3.8) is 0 Å². The number of rotatable bonds is 4. The van der Waals surface area contributed by atoms with Crippen LogP contribution in [0, 0.1) is 0 Å². The van der Waals surface area contributed by atoms with Crippen LogP contribution in [0.5, 0.6) is 5.88 Å². The number of methoxy groups -OCH3 is 1. The van der Waals surface area contributed by atoms with E-state index in [9.17, 15) is 0 Å². The van der Waals surface area contributed by atoms with Gasteiger partial charge in [-0.15, -0.1) is 0 Å². The Kier molecular flexibility index (Phi) is 5.03. The van der Waals surface area contributed by atoms with Gasteiger partial charge in [0.05, 0.1) is 6.10 Å². The number of halogens is 1. The molecule has 7 heteroatoms. The summed E-state index contributed by atoms with van der Waals surface area (Å²) in [6.45, 7) is 0. The van der Waals surface area contributed by atoms with E-state index in [2.05, 4.69) is 10.1 Å². The maximum absolute atomic E-state index is 8.72. The van der Waals surface area contributed by atoms with Gasteiger partial charge in [-0.05, 0) is 25.3 Å². The van der Waals surface area contributed by atoms with Crippen molar-refractivity contribution in [2.75, 3.05) is 7.11 Å². The molecule has 1 saturated carbocycles. The maximum Gasteiger partial charge on any atom is 0.233 e. The molecule has 1 fully saturated rings. The summed E-state index contributed by atoms with van der Waals surface area (Å²) in [7, 11) is 1.71. The van der Waals surface area contributed by atoms with Crippen LogP contribution in [0.2, 0.25) is 5.02 Å². The molecule has 1 aliphatic carbocycles. The highest BCUT2D eigenvalue weighted by Crippen LogP contribution is 2.30. The summed E-state index contributed by atoms with van der Waals surface area (Å²) < 4.78 is 11.2. The summed E-state index contributed by atoms with van der Waals surface area (Å²) in [4.78, 5) is 4.11. The Balaban J connectivity index is 2.13. The molecule has 1 heterocycles. The molecule has 0 bridgehead atoms. The second-order valence-electron chi connectivity index (χ2n) is 4.73. The number of nitrogens with two attached hydrogens (primary N) is 1. The zero-order valence-corrected chi connectivity index (χ0v) is 12.0. The predicted molar refractivity (Wildman–Crippen MR) is 75.4 cm³/mol. The van der Waals surface area contributed by atoms with Gasteiger partial charge in [-0.3, -0.25) is 0 Å². The SMILES string of the molecule is COC1CCCC(Oc2nccc(/C(N)=N/O)c2Cl)C1. The van der Waals surface area contributed by atoms with E-state index in [0.29, 0.717) is 11.4 Å². The van der Waals surface area contributed by atoms with Gasteiger partial charge < -0.3 is 20.4 Å². The lowest BCUT2D eigenvalue weighted by molar-refractivity contribution is 0.0195. The smallest absolute Gasteiger partial charge is 0.233 e. The standard InChI is InChI=1S/C13H18ClN3O3/c1-19-8-3-2-4-9(7-8)20-13-11(14)10(5-6-16-13)12(15)17-18/h5-6,8-9,18H,2-4,7H2,1H3,(H2,15,17). The Labute approximate surface area is 122 Å². The van der Waals surface area contributed by atoms with E-state index in [0.717, 1.165) is 25.7 Å². The zero-order chi connectivity index (χ0) is 14.5. The van der Waals surface area contributed by atoms with Crippen LogP contribution in [0.3, 0.4) is 0 Å². The number of aromatic nitrogens is 1. The third kappa shape index (κ3) is 3.32. The molecule has 110 valence electrons. The van der Waals surface area contributed by atoms with Crippen LogP contribution >= 0.6 is 11.6 Å². The largest absolute Gasteiger partial charge is 0.473 e. The van der Waals surface area contributed by atoms with Gasteiger partial charge in [0.2, 0.25) is 5.88 Å². The molecule has 2 unspecified atom stereocenters. The third-order valence-corrected chi connectivity index (χ3v) is 3.80. The van der Waals surface area contributed by atoms with Gasteiger partial charge in [-0.1, -0.05) is 16.8 Å². The number of oxime groups is 1. The van der Waals surface area contributed by atoms with Crippen molar-refractivity contribution in [1.82, 2.24) is 4.98 Å². The normalized spacial score (nSPS) is 23.6. The molecule has 20 heavy (non-hydrogen) atoms. The Morgan fingerprint density at radius 1 is 1.50 bits per heavy atom. The molecule has 2 atom stereocenters. The second kappa shape index (κ2) is 6.76. The molecule has 0 saturated heterocycles. The highest BCUT2D eigenvalue weighted by atomic mass is 35.5. The molecule has 0 aliphatic heterocycles. The molecular weight excluding hydrogens is 282 g/mol. The van der Waals surface area contributed by atoms with Crippen LogP contribution in [-0.2, 0) is 4.74 Å². The van der Waals surface area contributed by atoms with Gasteiger partial charge in [0.25, 0.3) is 0 Å². The first kappa shape index (κ1) is 14.9. The van der Waals surface area contributed by atoms with Crippen LogP contribution in [0.1, 0.15) is 31.2 Å². The Hall–Kier alpha value is -1.53. The van der Waals surface area contributed by atoms with Crippen molar-refractivity contribution in [1.29, 1.82) is 0 Å². The van der Waals surface area contributed by atoms with E-state index >= 15 is 0 Å². The first-order chi connectivity index (χ1) is 9.65. The van der Waals surface area contributed by atoms with Gasteiger partial charge in [0.1, 0.15) is 11.1 Å². The van der Waals surface area contributed by atoms with Crippen LogP contribution in [-0.4, -0.2) is 35.3 Å². The van der Waals surface area contributed by atoms with Gasteiger partial charge in [0.15, 0.2) is 5.84 Å². The van der Waals surface area contributed by atoms with Crippen LogP contribution < -0.4 is 10.5 Å². The fraction of sp³-hybridized carbons (Fsp3) is 0.538. The minimum Gasteiger partial charge on any atom is -0.473 e. The molecule has 3 N–H and O–H groups in total. The third-order valence-electron chi connectivity index (χ3n) is 3.43. The van der Waals surface area contributed by atoms with E-state index in [1.807, 2.05) is 0 Å². The van der Waals surface area contributed by atoms with Crippen LogP contribution in [0.4, 0.5) is 0 Å². The van der Waals surface area contributed by atoms with Crippen molar-refractivity contribution in [3.05, 3.63) is 22.8 Å². The number of hydrogen-bond donors (Lipinski definition) is 2. The van der Waals surface area contributed by atoms with Crippen LogP contribution in [0.15, 0.2) is 17.4 Å².